The van der Waals surface area contributed by atoms with Crippen LogP contribution < -0.4 is 0 Å². The molecule has 3 aliphatic rings. The number of fused-ring (bicyclic) bond motifs is 1. The Bertz CT molecular complexity index is 723. The molecule has 0 saturated heterocycles. The third kappa shape index (κ3) is 4.43. The molecule has 0 radical (unpaired) electrons. The number of hydrogen-bond donors (Lipinski definition) is 1. The predicted octanol–water partition coefficient (Wildman–Crippen LogP) is 8.03. The monoisotopic (exact) mass is 410 g/mol. The van der Waals surface area contributed by atoms with E-state index >= 15 is 0 Å². The Morgan fingerprint density at radius 1 is 1.00 bits per heavy atom. The third-order valence-corrected chi connectivity index (χ3v) is 9.46. The molecule has 0 aromatic heterocycles. The van der Waals surface area contributed by atoms with Gasteiger partial charge >= 0.3 is 0 Å². The van der Waals surface area contributed by atoms with Gasteiger partial charge in [0.1, 0.15) is 0 Å². The minimum atomic E-state index is -0.191. The molecule has 0 aromatic carbocycles. The minimum absolute atomic E-state index is 0.191. The lowest BCUT2D eigenvalue weighted by molar-refractivity contribution is 0.0456. The second-order valence-corrected chi connectivity index (χ2v) is 11.5. The normalized spacial score (nSPS) is 39.8. The maximum atomic E-state index is 10.1. The summed E-state index contributed by atoms with van der Waals surface area (Å²) in [6, 6.07) is 0. The van der Waals surface area contributed by atoms with Crippen molar-refractivity contribution in [1.82, 2.24) is 0 Å². The highest BCUT2D eigenvalue weighted by atomic mass is 16.3. The molecule has 3 fully saturated rings. The molecule has 1 N–H and O–H groups in total. The molecule has 3 rings (SSSR count). The van der Waals surface area contributed by atoms with Gasteiger partial charge in [0, 0.05) is 0 Å². The predicted molar refractivity (Wildman–Crippen MR) is 130 cm³/mol. The van der Waals surface area contributed by atoms with E-state index < -0.39 is 0 Å². The van der Waals surface area contributed by atoms with Crippen LogP contribution in [-0.2, 0) is 0 Å². The van der Waals surface area contributed by atoms with Crippen molar-refractivity contribution in [3.05, 3.63) is 47.6 Å². The Hall–Kier alpha value is -1.08. The Kier molecular flexibility index (Phi) is 7.22. The standard InChI is InChI=1S/C29H46O/c1-20(2)21(3)10-11-23(5)27-16-18-28(6)25(9-8-17-29(27,28)7)14-13-24-19-26(30)15-12-22(24)4/h10-11,13-14,20-21,23,26-27,30H,4,8-9,12,15-19H2,1-3,5-7H3/b11-10+,24-13-,25-14+/t21-,23+,26-,27?,28-,29?/m0/s1. The molecule has 1 nitrogen and oxygen atoms in total. The molecule has 168 valence electrons. The first-order valence-electron chi connectivity index (χ1n) is 12.5. The number of aliphatic hydroxyl groups is 1. The van der Waals surface area contributed by atoms with Crippen LogP contribution in [0.25, 0.3) is 0 Å². The highest BCUT2D eigenvalue weighted by Gasteiger charge is 2.57. The maximum absolute atomic E-state index is 10.1. The largest absolute Gasteiger partial charge is 0.393 e. The van der Waals surface area contributed by atoms with Gasteiger partial charge in [-0.15, -0.1) is 0 Å². The van der Waals surface area contributed by atoms with Crippen LogP contribution in [-0.4, -0.2) is 11.2 Å². The Labute approximate surface area is 186 Å². The molecule has 3 saturated carbocycles. The molecule has 0 aliphatic heterocycles. The SMILES string of the molecule is C=C1CC[C@H](O)C/C1=C/C=C1\CCCC2(C)C([C@H](C)/C=C/[C@H](C)C(C)C)CC[C@@]12C. The summed E-state index contributed by atoms with van der Waals surface area (Å²) in [6.07, 6.45) is 18.7. The number of hydrogen-bond acceptors (Lipinski definition) is 1. The molecule has 0 spiro atoms. The van der Waals surface area contributed by atoms with Crippen LogP contribution in [0.15, 0.2) is 47.6 Å². The second-order valence-electron chi connectivity index (χ2n) is 11.5. The van der Waals surface area contributed by atoms with Crippen LogP contribution in [0.3, 0.4) is 0 Å². The van der Waals surface area contributed by atoms with E-state index in [1.165, 1.54) is 43.3 Å². The summed E-state index contributed by atoms with van der Waals surface area (Å²) < 4.78 is 0. The smallest absolute Gasteiger partial charge is 0.0583 e. The van der Waals surface area contributed by atoms with Crippen LogP contribution in [0.1, 0.15) is 92.9 Å². The molecule has 0 amide bonds. The van der Waals surface area contributed by atoms with Crippen LogP contribution in [0.4, 0.5) is 0 Å². The van der Waals surface area contributed by atoms with Crippen LogP contribution in [0, 0.1) is 34.5 Å². The van der Waals surface area contributed by atoms with Gasteiger partial charge in [-0.2, -0.15) is 0 Å². The van der Waals surface area contributed by atoms with E-state index in [1.807, 2.05) is 0 Å². The molecule has 0 heterocycles. The van der Waals surface area contributed by atoms with Crippen LogP contribution in [0.5, 0.6) is 0 Å². The quantitative estimate of drug-likeness (QED) is 0.455. The second kappa shape index (κ2) is 9.19. The summed E-state index contributed by atoms with van der Waals surface area (Å²) in [7, 11) is 0. The van der Waals surface area contributed by atoms with E-state index in [4.69, 9.17) is 0 Å². The van der Waals surface area contributed by atoms with E-state index in [-0.39, 0.29) is 6.10 Å². The maximum Gasteiger partial charge on any atom is 0.0583 e. The number of aliphatic hydroxyl groups excluding tert-OH is 1. The highest BCUT2D eigenvalue weighted by Crippen LogP contribution is 2.66. The summed E-state index contributed by atoms with van der Waals surface area (Å²) in [5.74, 6) is 2.77. The van der Waals surface area contributed by atoms with Crippen molar-refractivity contribution in [2.75, 3.05) is 0 Å². The van der Waals surface area contributed by atoms with Crippen molar-refractivity contribution in [3.8, 4) is 0 Å². The lowest BCUT2D eigenvalue weighted by atomic mass is 9.53. The summed E-state index contributed by atoms with van der Waals surface area (Å²) in [6.45, 7) is 18.8. The van der Waals surface area contributed by atoms with Crippen LogP contribution >= 0.6 is 0 Å². The van der Waals surface area contributed by atoms with Gasteiger partial charge in [0.25, 0.3) is 0 Å². The zero-order chi connectivity index (χ0) is 22.1. The van der Waals surface area contributed by atoms with Gasteiger partial charge in [0.05, 0.1) is 6.10 Å². The topological polar surface area (TPSA) is 20.2 Å². The summed E-state index contributed by atoms with van der Waals surface area (Å²) in [5.41, 5.74) is 4.82. The highest BCUT2D eigenvalue weighted by molar-refractivity contribution is 5.37. The average Bonchev–Trinajstić information content (AvgIpc) is 2.98. The first kappa shape index (κ1) is 23.6. The van der Waals surface area contributed by atoms with Crippen molar-refractivity contribution in [2.45, 2.75) is 99.0 Å². The van der Waals surface area contributed by atoms with Crippen LogP contribution in [0.2, 0.25) is 0 Å². The van der Waals surface area contributed by atoms with Crippen molar-refractivity contribution >= 4 is 0 Å². The van der Waals surface area contributed by atoms with E-state index in [9.17, 15) is 5.11 Å². The van der Waals surface area contributed by atoms with Gasteiger partial charge < -0.3 is 5.11 Å². The van der Waals surface area contributed by atoms with Crippen molar-refractivity contribution in [2.24, 2.45) is 34.5 Å². The molecule has 6 atom stereocenters. The van der Waals surface area contributed by atoms with Gasteiger partial charge in [-0.3, -0.25) is 0 Å². The van der Waals surface area contributed by atoms with Crippen molar-refractivity contribution < 1.29 is 5.11 Å². The third-order valence-electron chi connectivity index (χ3n) is 9.46. The van der Waals surface area contributed by atoms with Gasteiger partial charge in [-0.05, 0) is 91.4 Å². The molecule has 0 aromatic rings. The number of rotatable bonds is 5. The fraction of sp³-hybridized carbons (Fsp3) is 0.724. The molecule has 0 bridgehead atoms. The van der Waals surface area contributed by atoms with Gasteiger partial charge in [0.2, 0.25) is 0 Å². The molecule has 1 heteroatoms. The summed E-state index contributed by atoms with van der Waals surface area (Å²) in [5, 5.41) is 10.1. The van der Waals surface area contributed by atoms with E-state index in [0.29, 0.717) is 28.6 Å². The van der Waals surface area contributed by atoms with E-state index in [2.05, 4.69) is 72.4 Å². The summed E-state index contributed by atoms with van der Waals surface area (Å²) >= 11 is 0. The van der Waals surface area contributed by atoms with Gasteiger partial charge in [-0.1, -0.05) is 83.6 Å². The minimum Gasteiger partial charge on any atom is -0.393 e. The zero-order valence-electron chi connectivity index (χ0n) is 20.5. The molecular weight excluding hydrogens is 364 g/mol. The molecule has 2 unspecified atom stereocenters. The first-order chi connectivity index (χ1) is 14.1. The van der Waals surface area contributed by atoms with E-state index in [0.717, 1.165) is 25.2 Å². The summed E-state index contributed by atoms with van der Waals surface area (Å²) in [4.78, 5) is 0. The zero-order valence-corrected chi connectivity index (χ0v) is 20.5. The first-order valence-corrected chi connectivity index (χ1v) is 12.5. The van der Waals surface area contributed by atoms with Crippen molar-refractivity contribution in [3.63, 3.8) is 0 Å². The lowest BCUT2D eigenvalue weighted by Crippen LogP contribution is -2.42. The van der Waals surface area contributed by atoms with Gasteiger partial charge in [-0.25, -0.2) is 0 Å². The van der Waals surface area contributed by atoms with Crippen molar-refractivity contribution in [1.29, 1.82) is 0 Å². The molecule has 3 aliphatic carbocycles. The van der Waals surface area contributed by atoms with E-state index in [1.54, 1.807) is 5.57 Å². The Balaban J connectivity index is 1.82. The Morgan fingerprint density at radius 3 is 2.43 bits per heavy atom. The van der Waals surface area contributed by atoms with Gasteiger partial charge in [0.15, 0.2) is 0 Å². The average molecular weight is 411 g/mol. The Morgan fingerprint density at radius 2 is 1.73 bits per heavy atom. The fourth-order valence-corrected chi connectivity index (χ4v) is 6.57. The molecule has 30 heavy (non-hydrogen) atoms. The number of allylic oxidation sites excluding steroid dienone is 6. The fourth-order valence-electron chi connectivity index (χ4n) is 6.57. The lowest BCUT2D eigenvalue weighted by Gasteiger charge is -2.51. The molecular formula is C29H46O.